The highest BCUT2D eigenvalue weighted by atomic mass is 16.6. The van der Waals surface area contributed by atoms with Crippen molar-refractivity contribution in [2.24, 2.45) is 5.92 Å². The van der Waals surface area contributed by atoms with Crippen LogP contribution in [0.3, 0.4) is 0 Å². The summed E-state index contributed by atoms with van der Waals surface area (Å²) in [6, 6.07) is 4.53. The number of aliphatic hydroxyl groups excluding tert-OH is 1. The molecule has 0 radical (unpaired) electrons. The number of rotatable bonds is 2. The van der Waals surface area contributed by atoms with Gasteiger partial charge < -0.3 is 10.0 Å². The molecule has 1 fully saturated rings. The molecule has 6 heteroatoms. The Bertz CT molecular complexity index is 544. The maximum absolute atomic E-state index is 12.4. The van der Waals surface area contributed by atoms with Crippen molar-refractivity contribution in [3.05, 3.63) is 39.4 Å². The smallest absolute Gasteiger partial charge is 0.273 e. The molecule has 1 aliphatic rings. The Kier molecular flexibility index (Phi) is 4.04. The molecule has 1 aliphatic heterocycles. The Balaban J connectivity index is 2.21. The first-order chi connectivity index (χ1) is 9.40. The minimum absolute atomic E-state index is 0.0214. The number of carbonyl (C=O) groups is 1. The first-order valence-corrected chi connectivity index (χ1v) is 6.62. The molecule has 2 atom stereocenters. The van der Waals surface area contributed by atoms with Crippen molar-refractivity contribution in [3.63, 3.8) is 0 Å². The summed E-state index contributed by atoms with van der Waals surface area (Å²) in [7, 11) is 0. The van der Waals surface area contributed by atoms with Crippen LogP contribution in [0.15, 0.2) is 18.2 Å². The summed E-state index contributed by atoms with van der Waals surface area (Å²) in [6.45, 7) is 4.49. The van der Waals surface area contributed by atoms with Crippen LogP contribution >= 0.6 is 0 Å². The average molecular weight is 278 g/mol. The third-order valence-electron chi connectivity index (χ3n) is 3.80. The molecule has 0 bridgehead atoms. The summed E-state index contributed by atoms with van der Waals surface area (Å²) in [6.07, 6.45) is 0.160. The third-order valence-corrected chi connectivity index (χ3v) is 3.80. The van der Waals surface area contributed by atoms with Gasteiger partial charge in [0.05, 0.1) is 11.0 Å². The Hall–Kier alpha value is -1.95. The number of nitro benzene ring substituents is 1. The summed E-state index contributed by atoms with van der Waals surface area (Å²) in [5, 5.41) is 20.6. The van der Waals surface area contributed by atoms with Crippen LogP contribution in [0.4, 0.5) is 5.69 Å². The van der Waals surface area contributed by atoms with Crippen molar-refractivity contribution in [1.29, 1.82) is 0 Å². The van der Waals surface area contributed by atoms with Crippen LogP contribution in [0.5, 0.6) is 0 Å². The number of nitrogens with zero attached hydrogens (tertiary/aromatic N) is 2. The van der Waals surface area contributed by atoms with E-state index in [0.29, 0.717) is 30.6 Å². The number of benzene rings is 1. The topological polar surface area (TPSA) is 83.7 Å². The van der Waals surface area contributed by atoms with E-state index >= 15 is 0 Å². The SMILES string of the molecule is Cc1ccc(C(=O)N2CCC(O)C(C)C2)cc1[N+](=O)[O-]. The second-order valence-electron chi connectivity index (χ2n) is 5.34. The van der Waals surface area contributed by atoms with Gasteiger partial charge in [0.25, 0.3) is 11.6 Å². The molecule has 0 saturated carbocycles. The van der Waals surface area contributed by atoms with Crippen molar-refractivity contribution in [1.82, 2.24) is 4.90 Å². The van der Waals surface area contributed by atoms with Crippen LogP contribution in [-0.2, 0) is 0 Å². The first-order valence-electron chi connectivity index (χ1n) is 6.62. The van der Waals surface area contributed by atoms with Crippen LogP contribution in [0, 0.1) is 23.0 Å². The monoisotopic (exact) mass is 278 g/mol. The van der Waals surface area contributed by atoms with Gasteiger partial charge in [-0.1, -0.05) is 13.0 Å². The summed E-state index contributed by atoms with van der Waals surface area (Å²) in [5.74, 6) is -0.194. The second-order valence-corrected chi connectivity index (χ2v) is 5.34. The van der Waals surface area contributed by atoms with Crippen molar-refractivity contribution >= 4 is 11.6 Å². The molecule has 0 spiro atoms. The van der Waals surface area contributed by atoms with Gasteiger partial charge in [0.2, 0.25) is 0 Å². The highest BCUT2D eigenvalue weighted by Gasteiger charge is 2.28. The molecule has 1 amide bonds. The fraction of sp³-hybridized carbons (Fsp3) is 0.500. The Morgan fingerprint density at radius 1 is 1.50 bits per heavy atom. The molecule has 1 saturated heterocycles. The quantitative estimate of drug-likeness (QED) is 0.659. The van der Waals surface area contributed by atoms with Crippen molar-refractivity contribution < 1.29 is 14.8 Å². The summed E-state index contributed by atoms with van der Waals surface area (Å²) in [5.41, 5.74) is 0.820. The Morgan fingerprint density at radius 3 is 2.80 bits per heavy atom. The van der Waals surface area contributed by atoms with Crippen LogP contribution in [0.2, 0.25) is 0 Å². The van der Waals surface area contributed by atoms with Gasteiger partial charge in [-0.15, -0.1) is 0 Å². The van der Waals surface area contributed by atoms with Gasteiger partial charge in [0.1, 0.15) is 0 Å². The van der Waals surface area contributed by atoms with Gasteiger partial charge in [-0.25, -0.2) is 0 Å². The lowest BCUT2D eigenvalue weighted by molar-refractivity contribution is -0.385. The minimum Gasteiger partial charge on any atom is -0.393 e. The zero-order valence-electron chi connectivity index (χ0n) is 11.6. The molecule has 1 N–H and O–H groups in total. The third kappa shape index (κ3) is 2.80. The van der Waals surface area contributed by atoms with Crippen LogP contribution in [-0.4, -0.2) is 40.0 Å². The lowest BCUT2D eigenvalue weighted by Gasteiger charge is -2.34. The number of nitro groups is 1. The highest BCUT2D eigenvalue weighted by molar-refractivity contribution is 5.95. The zero-order chi connectivity index (χ0) is 14.9. The standard InChI is InChI=1S/C14H18N2O4/c1-9-3-4-11(7-12(9)16(19)20)14(18)15-6-5-13(17)10(2)8-15/h3-4,7,10,13,17H,5-6,8H2,1-2H3. The lowest BCUT2D eigenvalue weighted by Crippen LogP contribution is -2.44. The Morgan fingerprint density at radius 2 is 2.20 bits per heavy atom. The summed E-state index contributed by atoms with van der Waals surface area (Å²) >= 11 is 0. The fourth-order valence-corrected chi connectivity index (χ4v) is 2.44. The summed E-state index contributed by atoms with van der Waals surface area (Å²) < 4.78 is 0. The molecular formula is C14H18N2O4. The molecule has 2 unspecified atom stereocenters. The fourth-order valence-electron chi connectivity index (χ4n) is 2.44. The predicted octanol–water partition coefficient (Wildman–Crippen LogP) is 1.75. The van der Waals surface area contributed by atoms with Gasteiger partial charge >= 0.3 is 0 Å². The van der Waals surface area contributed by atoms with Gasteiger partial charge in [0.15, 0.2) is 0 Å². The van der Waals surface area contributed by atoms with Gasteiger partial charge in [-0.05, 0) is 25.3 Å². The number of hydrogen-bond donors (Lipinski definition) is 1. The van der Waals surface area contributed by atoms with Crippen molar-refractivity contribution in [2.45, 2.75) is 26.4 Å². The first kappa shape index (κ1) is 14.5. The Labute approximate surface area is 117 Å². The van der Waals surface area contributed by atoms with Crippen molar-refractivity contribution in [2.75, 3.05) is 13.1 Å². The molecule has 2 rings (SSSR count). The highest BCUT2D eigenvalue weighted by Crippen LogP contribution is 2.23. The molecule has 1 heterocycles. The largest absolute Gasteiger partial charge is 0.393 e. The molecule has 20 heavy (non-hydrogen) atoms. The van der Waals surface area contributed by atoms with Crippen LogP contribution in [0.1, 0.15) is 29.3 Å². The van der Waals surface area contributed by atoms with E-state index in [1.54, 1.807) is 24.0 Å². The number of amides is 1. The normalized spacial score (nSPS) is 22.6. The second kappa shape index (κ2) is 5.58. The number of likely N-dealkylation sites (tertiary alicyclic amines) is 1. The molecule has 1 aromatic carbocycles. The zero-order valence-corrected chi connectivity index (χ0v) is 11.6. The minimum atomic E-state index is -0.477. The number of aryl methyl sites for hydroxylation is 1. The maximum Gasteiger partial charge on any atom is 0.273 e. The lowest BCUT2D eigenvalue weighted by atomic mass is 9.96. The molecule has 108 valence electrons. The van der Waals surface area contributed by atoms with E-state index in [1.807, 2.05) is 6.92 Å². The van der Waals surface area contributed by atoms with E-state index in [-0.39, 0.29) is 23.6 Å². The van der Waals surface area contributed by atoms with Gasteiger partial charge in [-0.2, -0.15) is 0 Å². The maximum atomic E-state index is 12.4. The predicted molar refractivity (Wildman–Crippen MR) is 73.5 cm³/mol. The molecule has 6 nitrogen and oxygen atoms in total. The van der Waals surface area contributed by atoms with E-state index in [1.165, 1.54) is 6.07 Å². The molecule has 0 aliphatic carbocycles. The molecule has 0 aromatic heterocycles. The number of hydrogen-bond acceptors (Lipinski definition) is 4. The number of piperidine rings is 1. The summed E-state index contributed by atoms with van der Waals surface area (Å²) in [4.78, 5) is 24.4. The van der Waals surface area contributed by atoms with E-state index in [4.69, 9.17) is 0 Å². The number of carbonyl (C=O) groups excluding carboxylic acids is 1. The van der Waals surface area contributed by atoms with Gasteiger partial charge in [0, 0.05) is 30.3 Å². The van der Waals surface area contributed by atoms with E-state index in [0.717, 1.165) is 0 Å². The molecule has 1 aromatic rings. The van der Waals surface area contributed by atoms with Crippen LogP contribution in [0.25, 0.3) is 0 Å². The van der Waals surface area contributed by atoms with E-state index < -0.39 is 4.92 Å². The van der Waals surface area contributed by atoms with E-state index in [9.17, 15) is 20.0 Å². The van der Waals surface area contributed by atoms with Crippen LogP contribution < -0.4 is 0 Å². The number of aliphatic hydroxyl groups is 1. The van der Waals surface area contributed by atoms with E-state index in [2.05, 4.69) is 0 Å². The van der Waals surface area contributed by atoms with Crippen molar-refractivity contribution in [3.8, 4) is 0 Å². The average Bonchev–Trinajstić information content (AvgIpc) is 2.41. The molecular weight excluding hydrogens is 260 g/mol. The van der Waals surface area contributed by atoms with Gasteiger partial charge in [-0.3, -0.25) is 14.9 Å².